The smallest absolute Gasteiger partial charge is 0.272 e. The number of thioether (sulfide) groups is 1. The van der Waals surface area contributed by atoms with E-state index in [4.69, 9.17) is 27.9 Å². The van der Waals surface area contributed by atoms with Crippen LogP contribution in [0, 0.1) is 0 Å². The molecule has 0 bridgehead atoms. The molecule has 0 atom stereocenters. The number of halogens is 3. The highest BCUT2D eigenvalue weighted by molar-refractivity contribution is 9.10. The van der Waals surface area contributed by atoms with Crippen LogP contribution in [-0.2, 0) is 13.2 Å². The molecule has 0 unspecified atom stereocenters. The Morgan fingerprint density at radius 3 is 2.65 bits per heavy atom. The summed E-state index contributed by atoms with van der Waals surface area (Å²) in [6.45, 7) is 4.72. The maximum Gasteiger partial charge on any atom is 0.272 e. The van der Waals surface area contributed by atoms with Crippen LogP contribution in [0.3, 0.4) is 0 Å². The van der Waals surface area contributed by atoms with Crippen LogP contribution in [0.15, 0.2) is 32.6 Å². The largest absolute Gasteiger partial charge is 0.472 e. The Hall–Kier alpha value is -0.690. The van der Waals surface area contributed by atoms with Crippen LogP contribution in [0.4, 0.5) is 0 Å². The lowest BCUT2D eigenvalue weighted by molar-refractivity contribution is 0.285. The molecule has 1 aromatic carbocycles. The first-order chi connectivity index (χ1) is 11.0. The van der Waals surface area contributed by atoms with Crippen LogP contribution in [0.2, 0.25) is 10.0 Å². The maximum absolute atomic E-state index is 12.4. The number of hydrogen-bond donors (Lipinski definition) is 0. The monoisotopic (exact) mass is 436 g/mol. The van der Waals surface area contributed by atoms with Gasteiger partial charge in [0.2, 0.25) is 5.88 Å². The molecule has 8 heteroatoms. The van der Waals surface area contributed by atoms with Gasteiger partial charge in [0.25, 0.3) is 5.56 Å². The molecule has 0 amide bonds. The average Bonchev–Trinajstić information content (AvgIpc) is 2.53. The molecular formula is C15H15BrCl2N2O2S. The van der Waals surface area contributed by atoms with Crippen LogP contribution >= 0.6 is 50.9 Å². The zero-order valence-corrected chi connectivity index (χ0v) is 16.5. The summed E-state index contributed by atoms with van der Waals surface area (Å²) in [6, 6.07) is 5.25. The fourth-order valence-corrected chi connectivity index (χ4v) is 3.40. The molecule has 2 rings (SSSR count). The third-order valence-corrected chi connectivity index (χ3v) is 5.27. The molecule has 0 aliphatic carbocycles. The van der Waals surface area contributed by atoms with Gasteiger partial charge in [0.05, 0.1) is 10.0 Å². The molecule has 0 aliphatic heterocycles. The lowest BCUT2D eigenvalue weighted by Crippen LogP contribution is -2.24. The first kappa shape index (κ1) is 18.6. The van der Waals surface area contributed by atoms with Crippen LogP contribution in [-0.4, -0.2) is 15.3 Å². The van der Waals surface area contributed by atoms with E-state index in [1.807, 2.05) is 19.9 Å². The average molecular weight is 438 g/mol. The highest BCUT2D eigenvalue weighted by Gasteiger charge is 2.15. The summed E-state index contributed by atoms with van der Waals surface area (Å²) in [6.07, 6.45) is 0. The van der Waals surface area contributed by atoms with Gasteiger partial charge in [-0.15, -0.1) is 0 Å². The molecule has 0 saturated carbocycles. The number of ether oxygens (including phenoxy) is 1. The molecule has 0 radical (unpaired) electrons. The molecular weight excluding hydrogens is 423 g/mol. The summed E-state index contributed by atoms with van der Waals surface area (Å²) in [5, 5.41) is 1.60. The molecule has 0 saturated heterocycles. The Labute approximate surface area is 157 Å². The Morgan fingerprint density at radius 2 is 2.04 bits per heavy atom. The predicted octanol–water partition coefficient (Wildman–Crippen LogP) is 5.02. The summed E-state index contributed by atoms with van der Waals surface area (Å²) >= 11 is 16.7. The van der Waals surface area contributed by atoms with E-state index < -0.39 is 0 Å². The minimum Gasteiger partial charge on any atom is -0.472 e. The highest BCUT2D eigenvalue weighted by atomic mass is 79.9. The van der Waals surface area contributed by atoms with E-state index in [1.165, 1.54) is 11.8 Å². The predicted molar refractivity (Wildman–Crippen MR) is 99.1 cm³/mol. The second-order valence-corrected chi connectivity index (χ2v) is 7.37. The molecule has 0 aliphatic rings. The molecule has 23 heavy (non-hydrogen) atoms. The van der Waals surface area contributed by atoms with Crippen LogP contribution in [0.5, 0.6) is 5.88 Å². The topological polar surface area (TPSA) is 44.1 Å². The van der Waals surface area contributed by atoms with Gasteiger partial charge >= 0.3 is 0 Å². The van der Waals surface area contributed by atoms with Crippen molar-refractivity contribution < 1.29 is 4.74 Å². The van der Waals surface area contributed by atoms with Gasteiger partial charge in [0, 0.05) is 6.54 Å². The minimum atomic E-state index is -0.150. The summed E-state index contributed by atoms with van der Waals surface area (Å²) in [7, 11) is 0. The third-order valence-electron chi connectivity index (χ3n) is 3.00. The summed E-state index contributed by atoms with van der Waals surface area (Å²) < 4.78 is 7.63. The molecule has 2 aromatic rings. The van der Waals surface area contributed by atoms with E-state index in [0.29, 0.717) is 26.2 Å². The van der Waals surface area contributed by atoms with E-state index in [1.54, 1.807) is 16.7 Å². The van der Waals surface area contributed by atoms with Gasteiger partial charge in [0.15, 0.2) is 5.16 Å². The fraction of sp³-hybridized carbons (Fsp3) is 0.333. The van der Waals surface area contributed by atoms with Gasteiger partial charge in [-0.25, -0.2) is 0 Å². The first-order valence-electron chi connectivity index (χ1n) is 6.97. The number of hydrogen-bond acceptors (Lipinski definition) is 4. The van der Waals surface area contributed by atoms with E-state index in [0.717, 1.165) is 11.3 Å². The first-order valence-corrected chi connectivity index (χ1v) is 9.51. The number of nitrogens with zero attached hydrogens (tertiary/aromatic N) is 2. The van der Waals surface area contributed by atoms with E-state index >= 15 is 0 Å². The number of benzene rings is 1. The van der Waals surface area contributed by atoms with Crippen molar-refractivity contribution in [2.45, 2.75) is 32.2 Å². The quantitative estimate of drug-likeness (QED) is 0.469. The lowest BCUT2D eigenvalue weighted by atomic mass is 10.2. The van der Waals surface area contributed by atoms with Crippen molar-refractivity contribution in [3.63, 3.8) is 0 Å². The van der Waals surface area contributed by atoms with Crippen LogP contribution in [0.25, 0.3) is 0 Å². The van der Waals surface area contributed by atoms with E-state index in [2.05, 4.69) is 20.9 Å². The van der Waals surface area contributed by atoms with Crippen molar-refractivity contribution in [2.75, 3.05) is 5.75 Å². The SMILES string of the molecule is CCSc1nc(OCc2ccc(Cl)c(Cl)c2)c(Br)c(=O)n1CC. The molecule has 0 N–H and O–H groups in total. The molecule has 0 fully saturated rings. The summed E-state index contributed by atoms with van der Waals surface area (Å²) in [5.74, 6) is 1.10. The van der Waals surface area contributed by atoms with Crippen molar-refractivity contribution in [3.05, 3.63) is 48.6 Å². The normalized spacial score (nSPS) is 10.8. The van der Waals surface area contributed by atoms with Gasteiger partial charge in [0.1, 0.15) is 11.1 Å². The molecule has 1 aromatic heterocycles. The van der Waals surface area contributed by atoms with Crippen molar-refractivity contribution in [1.29, 1.82) is 0 Å². The standard InChI is InChI=1S/C15H15BrCl2N2O2S/c1-3-20-14(21)12(16)13(19-15(20)23-4-2)22-8-9-5-6-10(17)11(18)7-9/h5-7H,3-4,8H2,1-2H3. The summed E-state index contributed by atoms with van der Waals surface area (Å²) in [5.41, 5.74) is 0.694. The Balaban J connectivity index is 2.28. The van der Waals surface area contributed by atoms with Crippen LogP contribution < -0.4 is 10.3 Å². The Kier molecular flexibility index (Phi) is 6.83. The van der Waals surface area contributed by atoms with E-state index in [9.17, 15) is 4.79 Å². The second-order valence-electron chi connectivity index (χ2n) is 4.53. The van der Waals surface area contributed by atoms with Crippen molar-refractivity contribution in [3.8, 4) is 5.88 Å². The molecule has 4 nitrogen and oxygen atoms in total. The second kappa shape index (κ2) is 8.42. The van der Waals surface area contributed by atoms with Crippen molar-refractivity contribution >= 4 is 50.9 Å². The van der Waals surface area contributed by atoms with Gasteiger partial charge in [-0.05, 0) is 46.3 Å². The van der Waals surface area contributed by atoms with Gasteiger partial charge in [-0.1, -0.05) is 48.0 Å². The molecule has 1 heterocycles. The van der Waals surface area contributed by atoms with Crippen molar-refractivity contribution in [1.82, 2.24) is 9.55 Å². The summed E-state index contributed by atoms with van der Waals surface area (Å²) in [4.78, 5) is 16.8. The number of rotatable bonds is 6. The Bertz CT molecular complexity index is 768. The lowest BCUT2D eigenvalue weighted by Gasteiger charge is -2.13. The van der Waals surface area contributed by atoms with Crippen LogP contribution in [0.1, 0.15) is 19.4 Å². The zero-order valence-electron chi connectivity index (χ0n) is 12.6. The Morgan fingerprint density at radius 1 is 1.30 bits per heavy atom. The van der Waals surface area contributed by atoms with Gasteiger partial charge in [-0.3, -0.25) is 9.36 Å². The maximum atomic E-state index is 12.4. The minimum absolute atomic E-state index is 0.150. The van der Waals surface area contributed by atoms with Gasteiger partial charge < -0.3 is 4.74 Å². The van der Waals surface area contributed by atoms with Crippen molar-refractivity contribution in [2.24, 2.45) is 0 Å². The number of aromatic nitrogens is 2. The molecule has 0 spiro atoms. The molecule has 124 valence electrons. The fourth-order valence-electron chi connectivity index (χ4n) is 1.89. The third kappa shape index (κ3) is 4.44. The van der Waals surface area contributed by atoms with E-state index in [-0.39, 0.29) is 18.0 Å². The van der Waals surface area contributed by atoms with Gasteiger partial charge in [-0.2, -0.15) is 4.98 Å². The zero-order chi connectivity index (χ0) is 17.0. The highest BCUT2D eigenvalue weighted by Crippen LogP contribution is 2.26.